The molecule has 0 radical (unpaired) electrons. The molecule has 8 heteroatoms. The summed E-state index contributed by atoms with van der Waals surface area (Å²) in [6.45, 7) is 4.15. The minimum absolute atomic E-state index is 0.186. The van der Waals surface area contributed by atoms with E-state index in [0.29, 0.717) is 10.7 Å². The zero-order valence-electron chi connectivity index (χ0n) is 21.1. The Morgan fingerprint density at radius 2 is 1.78 bits per heavy atom. The van der Waals surface area contributed by atoms with Crippen molar-refractivity contribution < 1.29 is 14.3 Å². The molecule has 0 bridgehead atoms. The summed E-state index contributed by atoms with van der Waals surface area (Å²) in [4.78, 5) is 19.0. The van der Waals surface area contributed by atoms with Crippen LogP contribution < -0.4 is 15.0 Å². The number of rotatable bonds is 6. The van der Waals surface area contributed by atoms with Crippen LogP contribution in [0.4, 0.5) is 5.69 Å². The van der Waals surface area contributed by atoms with Gasteiger partial charge in [0.05, 0.1) is 43.2 Å². The molecule has 2 aromatic carbocycles. The summed E-state index contributed by atoms with van der Waals surface area (Å²) < 4.78 is 12.8. The van der Waals surface area contributed by atoms with Crippen LogP contribution >= 0.6 is 12.2 Å². The van der Waals surface area contributed by atoms with Crippen LogP contribution in [-0.4, -0.2) is 34.9 Å². The Morgan fingerprint density at radius 3 is 2.51 bits per heavy atom. The van der Waals surface area contributed by atoms with Crippen molar-refractivity contribution >= 4 is 29.0 Å². The number of anilines is 1. The first-order chi connectivity index (χ1) is 17.9. The van der Waals surface area contributed by atoms with Gasteiger partial charge < -0.3 is 24.3 Å². The molecule has 1 aliphatic heterocycles. The van der Waals surface area contributed by atoms with Crippen molar-refractivity contribution in [3.8, 4) is 11.4 Å². The molecule has 2 atom stereocenters. The summed E-state index contributed by atoms with van der Waals surface area (Å²) in [6, 6.07) is 23.0. The van der Waals surface area contributed by atoms with Crippen LogP contribution in [0.15, 0.2) is 79.0 Å². The maximum absolute atomic E-state index is 12.2. The highest BCUT2D eigenvalue weighted by molar-refractivity contribution is 7.80. The molecule has 1 aliphatic rings. The van der Waals surface area contributed by atoms with E-state index in [-0.39, 0.29) is 18.1 Å². The maximum Gasteiger partial charge on any atom is 0.337 e. The number of para-hydroxylation sites is 2. The third-order valence-electron chi connectivity index (χ3n) is 6.76. The molecule has 2 unspecified atom stereocenters. The Labute approximate surface area is 221 Å². The van der Waals surface area contributed by atoms with Crippen LogP contribution in [0, 0.1) is 13.8 Å². The number of aryl methyl sites for hydroxylation is 1. The molecular weight excluding hydrogens is 484 g/mol. The summed E-state index contributed by atoms with van der Waals surface area (Å²) in [5, 5.41) is 4.11. The molecule has 2 aromatic heterocycles. The number of nitrogens with one attached hydrogen (secondary N) is 1. The number of ether oxygens (including phenoxy) is 2. The summed E-state index contributed by atoms with van der Waals surface area (Å²) >= 11 is 5.89. The number of thiocarbonyl (C=S) groups is 1. The van der Waals surface area contributed by atoms with E-state index in [2.05, 4.69) is 39.7 Å². The molecule has 0 saturated carbocycles. The van der Waals surface area contributed by atoms with Crippen molar-refractivity contribution in [3.63, 3.8) is 0 Å². The number of hydrogen-bond donors (Lipinski definition) is 1. The standard InChI is InChI=1S/C29H28N4O3S/c1-18-16-22(19(2)32(18)21-11-9-10-20(17-21)28(34)36-4)27-26(23-12-7-8-15-30-23)31-29(37)33(27)24-13-5-6-14-25(24)35-3/h5-17,26-27H,1-4H3,(H,31,37). The van der Waals surface area contributed by atoms with Crippen molar-refractivity contribution in [3.05, 3.63) is 107 Å². The lowest BCUT2D eigenvalue weighted by molar-refractivity contribution is 0.0600. The van der Waals surface area contributed by atoms with Crippen molar-refractivity contribution in [1.82, 2.24) is 14.9 Å². The SMILES string of the molecule is COC(=O)c1cccc(-n2c(C)cc(C3C(c4ccccn4)NC(=S)N3c3ccccc3OC)c2C)c1. The highest BCUT2D eigenvalue weighted by Gasteiger charge is 2.43. The predicted molar refractivity (Wildman–Crippen MR) is 148 cm³/mol. The zero-order valence-corrected chi connectivity index (χ0v) is 22.0. The molecule has 37 heavy (non-hydrogen) atoms. The van der Waals surface area contributed by atoms with E-state index in [1.807, 2.05) is 60.7 Å². The lowest BCUT2D eigenvalue weighted by atomic mass is 9.96. The molecule has 188 valence electrons. The molecule has 3 heterocycles. The van der Waals surface area contributed by atoms with Gasteiger partial charge in [-0.1, -0.05) is 24.3 Å². The smallest absolute Gasteiger partial charge is 0.337 e. The third-order valence-corrected chi connectivity index (χ3v) is 7.07. The van der Waals surface area contributed by atoms with Gasteiger partial charge in [0.2, 0.25) is 0 Å². The molecule has 7 nitrogen and oxygen atoms in total. The van der Waals surface area contributed by atoms with Crippen LogP contribution in [0.2, 0.25) is 0 Å². The highest BCUT2D eigenvalue weighted by Crippen LogP contribution is 2.46. The Hall–Kier alpha value is -4.17. The van der Waals surface area contributed by atoms with Crippen LogP contribution in [0.5, 0.6) is 5.75 Å². The van der Waals surface area contributed by atoms with E-state index in [0.717, 1.165) is 39.8 Å². The number of methoxy groups -OCH3 is 2. The van der Waals surface area contributed by atoms with Gasteiger partial charge in [0.25, 0.3) is 0 Å². The van der Waals surface area contributed by atoms with E-state index in [1.54, 1.807) is 19.4 Å². The monoisotopic (exact) mass is 512 g/mol. The minimum Gasteiger partial charge on any atom is -0.495 e. The molecule has 4 aromatic rings. The average molecular weight is 513 g/mol. The van der Waals surface area contributed by atoms with Crippen LogP contribution in [0.25, 0.3) is 5.69 Å². The van der Waals surface area contributed by atoms with Gasteiger partial charge in [0.15, 0.2) is 5.11 Å². The minimum atomic E-state index is -0.368. The summed E-state index contributed by atoms with van der Waals surface area (Å²) in [5.74, 6) is 0.366. The number of carbonyl (C=O) groups excluding carboxylic acids is 1. The first-order valence-corrected chi connectivity index (χ1v) is 12.4. The van der Waals surface area contributed by atoms with Gasteiger partial charge >= 0.3 is 5.97 Å². The second-order valence-electron chi connectivity index (χ2n) is 8.87. The summed E-state index contributed by atoms with van der Waals surface area (Å²) in [5.41, 5.74) is 6.32. The van der Waals surface area contributed by atoms with E-state index >= 15 is 0 Å². The van der Waals surface area contributed by atoms with Gasteiger partial charge in [-0.2, -0.15) is 0 Å². The first-order valence-electron chi connectivity index (χ1n) is 12.0. The summed E-state index contributed by atoms with van der Waals surface area (Å²) in [7, 11) is 3.05. The zero-order chi connectivity index (χ0) is 26.1. The Balaban J connectivity index is 1.68. The van der Waals surface area contributed by atoms with Gasteiger partial charge in [-0.05, 0) is 80.2 Å². The van der Waals surface area contributed by atoms with Crippen LogP contribution in [0.3, 0.4) is 0 Å². The quantitative estimate of drug-likeness (QED) is 0.272. The largest absolute Gasteiger partial charge is 0.495 e. The van der Waals surface area contributed by atoms with E-state index in [9.17, 15) is 4.79 Å². The fourth-order valence-corrected chi connectivity index (χ4v) is 5.47. The first kappa shape index (κ1) is 24.5. The molecule has 1 N–H and O–H groups in total. The molecule has 1 saturated heterocycles. The maximum atomic E-state index is 12.2. The second kappa shape index (κ2) is 10.1. The number of esters is 1. The number of hydrogen-bond acceptors (Lipinski definition) is 5. The second-order valence-corrected chi connectivity index (χ2v) is 9.26. The number of carbonyl (C=O) groups is 1. The van der Waals surface area contributed by atoms with Crippen molar-refractivity contribution in [2.75, 3.05) is 19.1 Å². The molecule has 1 fully saturated rings. The Morgan fingerprint density at radius 1 is 1.00 bits per heavy atom. The predicted octanol–water partition coefficient (Wildman–Crippen LogP) is 5.46. The lowest BCUT2D eigenvalue weighted by Gasteiger charge is -2.29. The number of benzene rings is 2. The van der Waals surface area contributed by atoms with Gasteiger partial charge in [-0.3, -0.25) is 4.98 Å². The van der Waals surface area contributed by atoms with Gasteiger partial charge in [-0.25, -0.2) is 4.79 Å². The van der Waals surface area contributed by atoms with Crippen LogP contribution in [0.1, 0.15) is 45.1 Å². The normalized spacial score (nSPS) is 17.0. The van der Waals surface area contributed by atoms with Crippen molar-refractivity contribution in [2.24, 2.45) is 0 Å². The molecular formula is C29H28N4O3S. The summed E-state index contributed by atoms with van der Waals surface area (Å²) in [6.07, 6.45) is 1.80. The fraction of sp³-hybridized carbons (Fsp3) is 0.207. The van der Waals surface area contributed by atoms with Crippen LogP contribution in [-0.2, 0) is 4.74 Å². The topological polar surface area (TPSA) is 68.6 Å². The third kappa shape index (κ3) is 4.34. The Bertz CT molecular complexity index is 1470. The van der Waals surface area contributed by atoms with E-state index in [1.165, 1.54) is 7.11 Å². The number of pyridine rings is 1. The Kier molecular flexibility index (Phi) is 6.67. The number of aromatic nitrogens is 2. The average Bonchev–Trinajstić information content (AvgIpc) is 3.43. The molecule has 5 rings (SSSR count). The van der Waals surface area contributed by atoms with E-state index in [4.69, 9.17) is 21.7 Å². The fourth-order valence-electron chi connectivity index (χ4n) is 5.13. The van der Waals surface area contributed by atoms with Gasteiger partial charge in [0, 0.05) is 23.3 Å². The van der Waals surface area contributed by atoms with E-state index < -0.39 is 0 Å². The highest BCUT2D eigenvalue weighted by atomic mass is 32.1. The number of nitrogens with zero attached hydrogens (tertiary/aromatic N) is 3. The van der Waals surface area contributed by atoms with Gasteiger partial charge in [0.1, 0.15) is 5.75 Å². The van der Waals surface area contributed by atoms with Gasteiger partial charge in [-0.15, -0.1) is 0 Å². The molecule has 0 aliphatic carbocycles. The van der Waals surface area contributed by atoms with Crippen molar-refractivity contribution in [2.45, 2.75) is 25.9 Å². The molecule has 0 spiro atoms. The molecule has 0 amide bonds. The van der Waals surface area contributed by atoms with Crippen molar-refractivity contribution in [1.29, 1.82) is 0 Å². The lowest BCUT2D eigenvalue weighted by Crippen LogP contribution is -2.30.